The SMILES string of the molecule is COc1ccc(/C=C2\Oc3c4c(cc(C)c3C2=O)OCN(CCc2cccs2)C4)cc1OC. The van der Waals surface area contributed by atoms with Crippen LogP contribution in [0.5, 0.6) is 23.0 Å². The minimum atomic E-state index is -0.115. The van der Waals surface area contributed by atoms with Crippen molar-refractivity contribution in [2.45, 2.75) is 19.9 Å². The Kier molecular flexibility index (Phi) is 5.83. The normalized spacial score (nSPS) is 16.2. The molecular weight excluding hydrogens is 438 g/mol. The van der Waals surface area contributed by atoms with E-state index in [0.717, 1.165) is 35.4 Å². The second kappa shape index (κ2) is 8.92. The van der Waals surface area contributed by atoms with Crippen LogP contribution in [0, 0.1) is 6.92 Å². The first-order valence-corrected chi connectivity index (χ1v) is 11.7. The Balaban J connectivity index is 1.42. The zero-order valence-electron chi connectivity index (χ0n) is 18.8. The molecule has 7 heteroatoms. The second-order valence-electron chi connectivity index (χ2n) is 8.08. The molecule has 0 aliphatic carbocycles. The van der Waals surface area contributed by atoms with Crippen LogP contribution in [-0.2, 0) is 13.0 Å². The molecule has 170 valence electrons. The van der Waals surface area contributed by atoms with E-state index < -0.39 is 0 Å². The molecule has 0 fully saturated rings. The molecule has 3 aromatic rings. The summed E-state index contributed by atoms with van der Waals surface area (Å²) in [6, 6.07) is 11.7. The molecule has 0 amide bonds. The van der Waals surface area contributed by atoms with Crippen LogP contribution in [0.25, 0.3) is 6.08 Å². The highest BCUT2D eigenvalue weighted by atomic mass is 32.1. The Hall–Kier alpha value is -3.29. The van der Waals surface area contributed by atoms with E-state index in [1.165, 1.54) is 4.88 Å². The standard InChI is InChI=1S/C26H25NO5S/c1-16-11-21-19(14-27(15-31-21)9-8-18-5-4-10-33-18)26-24(16)25(28)23(32-26)13-17-6-7-20(29-2)22(12-17)30-3/h4-7,10-13H,8-9,14-15H2,1-3H3/b23-13-. The maximum atomic E-state index is 13.2. The highest BCUT2D eigenvalue weighted by Gasteiger charge is 2.35. The molecule has 1 aromatic heterocycles. The fourth-order valence-electron chi connectivity index (χ4n) is 4.24. The molecule has 0 N–H and O–H groups in total. The average molecular weight is 464 g/mol. The number of methoxy groups -OCH3 is 2. The van der Waals surface area contributed by atoms with Gasteiger partial charge in [-0.1, -0.05) is 12.1 Å². The van der Waals surface area contributed by atoms with Gasteiger partial charge in [0, 0.05) is 18.0 Å². The molecule has 5 rings (SSSR count). The highest BCUT2D eigenvalue weighted by Crippen LogP contribution is 2.44. The minimum Gasteiger partial charge on any atom is -0.493 e. The lowest BCUT2D eigenvalue weighted by atomic mass is 9.98. The summed E-state index contributed by atoms with van der Waals surface area (Å²) in [7, 11) is 3.18. The molecule has 0 saturated heterocycles. The van der Waals surface area contributed by atoms with E-state index >= 15 is 0 Å². The average Bonchev–Trinajstić information content (AvgIpc) is 3.46. The van der Waals surface area contributed by atoms with Gasteiger partial charge in [0.1, 0.15) is 18.2 Å². The van der Waals surface area contributed by atoms with E-state index in [1.54, 1.807) is 31.6 Å². The Morgan fingerprint density at radius 3 is 2.76 bits per heavy atom. The molecule has 0 spiro atoms. The maximum Gasteiger partial charge on any atom is 0.232 e. The summed E-state index contributed by atoms with van der Waals surface area (Å²) >= 11 is 1.76. The van der Waals surface area contributed by atoms with Gasteiger partial charge >= 0.3 is 0 Å². The van der Waals surface area contributed by atoms with Crippen LogP contribution in [0.15, 0.2) is 47.5 Å². The van der Waals surface area contributed by atoms with Crippen LogP contribution in [0.3, 0.4) is 0 Å². The quantitative estimate of drug-likeness (QED) is 0.475. The number of nitrogens with zero attached hydrogens (tertiary/aromatic N) is 1. The molecule has 2 aliphatic rings. The molecule has 0 unspecified atom stereocenters. The number of benzene rings is 2. The molecule has 2 aromatic carbocycles. The first-order chi connectivity index (χ1) is 16.1. The first kappa shape index (κ1) is 21.6. The number of fused-ring (bicyclic) bond motifs is 3. The number of allylic oxidation sites excluding steroid dienone is 1. The fourth-order valence-corrected chi connectivity index (χ4v) is 4.93. The van der Waals surface area contributed by atoms with E-state index in [9.17, 15) is 4.79 Å². The Morgan fingerprint density at radius 2 is 2.00 bits per heavy atom. The lowest BCUT2D eigenvalue weighted by Gasteiger charge is -2.30. The van der Waals surface area contributed by atoms with Crippen molar-refractivity contribution in [1.29, 1.82) is 0 Å². The third kappa shape index (κ3) is 4.10. The van der Waals surface area contributed by atoms with Crippen LogP contribution in [0.1, 0.15) is 31.9 Å². The largest absolute Gasteiger partial charge is 0.493 e. The van der Waals surface area contributed by atoms with E-state index in [2.05, 4.69) is 22.4 Å². The Morgan fingerprint density at radius 1 is 1.15 bits per heavy atom. The summed E-state index contributed by atoms with van der Waals surface area (Å²) in [6.07, 6.45) is 2.71. The monoisotopic (exact) mass is 463 g/mol. The number of hydrogen-bond acceptors (Lipinski definition) is 7. The van der Waals surface area contributed by atoms with Crippen molar-refractivity contribution in [3.8, 4) is 23.0 Å². The van der Waals surface area contributed by atoms with Gasteiger partial charge in [0.15, 0.2) is 17.3 Å². The molecule has 0 radical (unpaired) electrons. The summed E-state index contributed by atoms with van der Waals surface area (Å²) in [5.41, 5.74) is 3.20. The summed E-state index contributed by atoms with van der Waals surface area (Å²) in [5.74, 6) is 2.81. The molecule has 0 bridgehead atoms. The van der Waals surface area contributed by atoms with Crippen molar-refractivity contribution < 1.29 is 23.7 Å². The number of ketones is 1. The van der Waals surface area contributed by atoms with E-state index in [1.807, 2.05) is 31.2 Å². The number of thiophene rings is 1. The molecule has 2 aliphatic heterocycles. The summed E-state index contributed by atoms with van der Waals surface area (Å²) < 4.78 is 22.9. The van der Waals surface area contributed by atoms with E-state index in [-0.39, 0.29) is 5.78 Å². The topological polar surface area (TPSA) is 57.2 Å². The van der Waals surface area contributed by atoms with Crippen molar-refractivity contribution in [2.75, 3.05) is 27.5 Å². The molecule has 33 heavy (non-hydrogen) atoms. The number of rotatable bonds is 6. The minimum absolute atomic E-state index is 0.115. The number of hydrogen-bond donors (Lipinski definition) is 0. The zero-order valence-corrected chi connectivity index (χ0v) is 19.7. The fraction of sp³-hybridized carbons (Fsp3) is 0.269. The van der Waals surface area contributed by atoms with Crippen LogP contribution in [0.4, 0.5) is 0 Å². The van der Waals surface area contributed by atoms with Gasteiger partial charge in [0.25, 0.3) is 0 Å². The van der Waals surface area contributed by atoms with Gasteiger partial charge < -0.3 is 18.9 Å². The van der Waals surface area contributed by atoms with Gasteiger partial charge in [0.2, 0.25) is 5.78 Å². The molecule has 3 heterocycles. The molecule has 6 nitrogen and oxygen atoms in total. The number of ether oxygens (including phenoxy) is 4. The van der Waals surface area contributed by atoms with Crippen LogP contribution in [0.2, 0.25) is 0 Å². The van der Waals surface area contributed by atoms with Crippen molar-refractivity contribution >= 4 is 23.2 Å². The van der Waals surface area contributed by atoms with Crippen molar-refractivity contribution in [3.63, 3.8) is 0 Å². The smallest absolute Gasteiger partial charge is 0.232 e. The van der Waals surface area contributed by atoms with Crippen molar-refractivity contribution in [1.82, 2.24) is 4.90 Å². The second-order valence-corrected chi connectivity index (χ2v) is 9.12. The predicted octanol–water partition coefficient (Wildman–Crippen LogP) is 5.08. The lowest BCUT2D eigenvalue weighted by molar-refractivity contribution is 0.0951. The third-order valence-corrected chi connectivity index (χ3v) is 6.88. The van der Waals surface area contributed by atoms with Crippen molar-refractivity contribution in [3.05, 3.63) is 74.7 Å². The van der Waals surface area contributed by atoms with Crippen molar-refractivity contribution in [2.24, 2.45) is 0 Å². The number of carbonyl (C=O) groups is 1. The van der Waals surface area contributed by atoms with Crippen LogP contribution < -0.4 is 18.9 Å². The predicted molar refractivity (Wildman–Crippen MR) is 128 cm³/mol. The number of carbonyl (C=O) groups excluding carboxylic acids is 1. The van der Waals surface area contributed by atoms with Gasteiger partial charge in [-0.25, -0.2) is 0 Å². The molecule has 0 atom stereocenters. The van der Waals surface area contributed by atoms with Gasteiger partial charge in [-0.15, -0.1) is 11.3 Å². The summed E-state index contributed by atoms with van der Waals surface area (Å²) in [5, 5.41) is 2.10. The van der Waals surface area contributed by atoms with E-state index in [0.29, 0.717) is 41.8 Å². The number of aryl methyl sites for hydroxylation is 1. The maximum absolute atomic E-state index is 13.2. The number of Topliss-reactive ketones (excluding diaryl/α,β-unsaturated/α-hetero) is 1. The molecule has 0 saturated carbocycles. The Bertz CT molecular complexity index is 1230. The van der Waals surface area contributed by atoms with Crippen LogP contribution in [-0.4, -0.2) is 38.2 Å². The third-order valence-electron chi connectivity index (χ3n) is 5.95. The van der Waals surface area contributed by atoms with E-state index in [4.69, 9.17) is 18.9 Å². The lowest BCUT2D eigenvalue weighted by Crippen LogP contribution is -2.33. The Labute approximate surface area is 197 Å². The van der Waals surface area contributed by atoms with Gasteiger partial charge in [-0.2, -0.15) is 0 Å². The van der Waals surface area contributed by atoms with Gasteiger partial charge in [-0.3, -0.25) is 9.69 Å². The van der Waals surface area contributed by atoms with Gasteiger partial charge in [0.05, 0.1) is 25.3 Å². The summed E-state index contributed by atoms with van der Waals surface area (Å²) in [4.78, 5) is 16.8. The first-order valence-electron chi connectivity index (χ1n) is 10.8. The summed E-state index contributed by atoms with van der Waals surface area (Å²) in [6.45, 7) is 4.01. The highest BCUT2D eigenvalue weighted by molar-refractivity contribution is 7.09. The zero-order chi connectivity index (χ0) is 22.9. The molecular formula is C26H25NO5S. The van der Waals surface area contributed by atoms with Gasteiger partial charge in [-0.05, 0) is 60.2 Å². The van der Waals surface area contributed by atoms with Crippen LogP contribution >= 0.6 is 11.3 Å².